The van der Waals surface area contributed by atoms with Crippen LogP contribution in [0.4, 0.5) is 5.69 Å². The number of fused-ring (bicyclic) bond motifs is 1. The summed E-state index contributed by atoms with van der Waals surface area (Å²) in [6, 6.07) is 13.7. The minimum absolute atomic E-state index is 0.115. The predicted molar refractivity (Wildman–Crippen MR) is 108 cm³/mol. The van der Waals surface area contributed by atoms with E-state index >= 15 is 0 Å². The molecule has 3 rings (SSSR count). The minimum atomic E-state index is -3.63. The van der Waals surface area contributed by atoms with Crippen LogP contribution in [0.3, 0.4) is 0 Å². The topological polar surface area (TPSA) is 66.5 Å². The number of rotatable bonds is 6. The lowest BCUT2D eigenvalue weighted by Gasteiger charge is -2.24. The molecule has 0 saturated heterocycles. The zero-order valence-electron chi connectivity index (χ0n) is 16.0. The highest BCUT2D eigenvalue weighted by Crippen LogP contribution is 2.37. The molecular weight excluding hydrogens is 360 g/mol. The number of benzene rings is 2. The van der Waals surface area contributed by atoms with Gasteiger partial charge in [-0.3, -0.25) is 9.10 Å². The van der Waals surface area contributed by atoms with Crippen LogP contribution >= 0.6 is 0 Å². The van der Waals surface area contributed by atoms with Crippen LogP contribution < -0.4 is 9.62 Å². The molecule has 1 aliphatic rings. The zero-order chi connectivity index (χ0) is 19.6. The molecule has 6 heteroatoms. The molecule has 2 atom stereocenters. The van der Waals surface area contributed by atoms with Gasteiger partial charge in [0.05, 0.1) is 10.6 Å². The molecule has 0 radical (unpaired) electrons. The van der Waals surface area contributed by atoms with E-state index in [1.54, 1.807) is 42.5 Å². The first-order valence-electron chi connectivity index (χ1n) is 9.38. The zero-order valence-corrected chi connectivity index (χ0v) is 16.8. The summed E-state index contributed by atoms with van der Waals surface area (Å²) in [7, 11) is -3.63. The maximum absolute atomic E-state index is 13.1. The van der Waals surface area contributed by atoms with Gasteiger partial charge < -0.3 is 5.32 Å². The number of carbonyl (C=O) groups is 1. The Balaban J connectivity index is 1.89. The van der Waals surface area contributed by atoms with E-state index in [1.807, 2.05) is 19.9 Å². The van der Waals surface area contributed by atoms with Gasteiger partial charge in [-0.2, -0.15) is 0 Å². The van der Waals surface area contributed by atoms with Crippen LogP contribution in [-0.2, 0) is 16.4 Å². The number of amides is 1. The predicted octanol–water partition coefficient (Wildman–Crippen LogP) is 3.74. The lowest BCUT2D eigenvalue weighted by atomic mass is 10.1. The molecular formula is C21H26N2O3S. The van der Waals surface area contributed by atoms with E-state index in [9.17, 15) is 13.2 Å². The maximum atomic E-state index is 13.1. The highest BCUT2D eigenvalue weighted by molar-refractivity contribution is 7.92. The second-order valence-corrected chi connectivity index (χ2v) is 8.99. The standard InChI is InChI=1S/C21H26N2O3S/c1-4-8-15(2)22-21(24)17-11-12-20-18(14-17)13-16(3)23(20)27(25,26)19-9-6-5-7-10-19/h5-7,9-12,14-16H,4,8,13H2,1-3H3,(H,22,24)/t15-,16-/m0/s1. The van der Waals surface area contributed by atoms with Gasteiger partial charge in [-0.05, 0) is 62.6 Å². The van der Waals surface area contributed by atoms with Crippen LogP contribution in [0.5, 0.6) is 0 Å². The van der Waals surface area contributed by atoms with E-state index < -0.39 is 10.0 Å². The summed E-state index contributed by atoms with van der Waals surface area (Å²) in [5.41, 5.74) is 2.12. The molecule has 2 aromatic carbocycles. The molecule has 0 spiro atoms. The van der Waals surface area contributed by atoms with Crippen LogP contribution in [0.25, 0.3) is 0 Å². The lowest BCUT2D eigenvalue weighted by molar-refractivity contribution is 0.0938. The number of anilines is 1. The summed E-state index contributed by atoms with van der Waals surface area (Å²) in [5.74, 6) is -0.115. The molecule has 0 aliphatic carbocycles. The number of carbonyl (C=O) groups excluding carboxylic acids is 1. The van der Waals surface area contributed by atoms with Crippen molar-refractivity contribution in [2.45, 2.75) is 57.0 Å². The van der Waals surface area contributed by atoms with Crippen LogP contribution in [-0.4, -0.2) is 26.4 Å². The van der Waals surface area contributed by atoms with E-state index in [0.29, 0.717) is 17.7 Å². The van der Waals surface area contributed by atoms with Crippen LogP contribution in [0.2, 0.25) is 0 Å². The molecule has 0 aromatic heterocycles. The Morgan fingerprint density at radius 1 is 1.22 bits per heavy atom. The molecule has 1 N–H and O–H groups in total. The molecule has 1 heterocycles. The van der Waals surface area contributed by atoms with Gasteiger partial charge in [0.15, 0.2) is 0 Å². The van der Waals surface area contributed by atoms with Crippen molar-refractivity contribution in [3.05, 3.63) is 59.7 Å². The Morgan fingerprint density at radius 2 is 1.93 bits per heavy atom. The quantitative estimate of drug-likeness (QED) is 0.822. The molecule has 0 unspecified atom stereocenters. The van der Waals surface area contributed by atoms with E-state index in [0.717, 1.165) is 18.4 Å². The number of nitrogens with zero attached hydrogens (tertiary/aromatic N) is 1. The first-order chi connectivity index (χ1) is 12.8. The first kappa shape index (κ1) is 19.4. The van der Waals surface area contributed by atoms with E-state index in [-0.39, 0.29) is 22.9 Å². The monoisotopic (exact) mass is 386 g/mol. The van der Waals surface area contributed by atoms with Crippen LogP contribution in [0.1, 0.15) is 49.5 Å². The molecule has 27 heavy (non-hydrogen) atoms. The van der Waals surface area contributed by atoms with Crippen LogP contribution in [0.15, 0.2) is 53.4 Å². The number of sulfonamides is 1. The van der Waals surface area contributed by atoms with Crippen molar-refractivity contribution in [1.82, 2.24) is 5.32 Å². The van der Waals surface area contributed by atoms with Crippen molar-refractivity contribution in [2.75, 3.05) is 4.31 Å². The molecule has 0 fully saturated rings. The van der Waals surface area contributed by atoms with Gasteiger partial charge in [0.25, 0.3) is 15.9 Å². The summed E-state index contributed by atoms with van der Waals surface area (Å²) in [6.45, 7) is 5.97. The highest BCUT2D eigenvalue weighted by atomic mass is 32.2. The molecule has 0 bridgehead atoms. The number of nitrogens with one attached hydrogen (secondary N) is 1. The molecule has 1 aliphatic heterocycles. The fraction of sp³-hybridized carbons (Fsp3) is 0.381. The number of hydrogen-bond donors (Lipinski definition) is 1. The lowest BCUT2D eigenvalue weighted by Crippen LogP contribution is -2.35. The third-order valence-electron chi connectivity index (χ3n) is 4.89. The summed E-state index contributed by atoms with van der Waals surface area (Å²) in [4.78, 5) is 12.7. The van der Waals surface area contributed by atoms with Crippen molar-refractivity contribution in [1.29, 1.82) is 0 Å². The van der Waals surface area contributed by atoms with E-state index in [2.05, 4.69) is 12.2 Å². The smallest absolute Gasteiger partial charge is 0.264 e. The third-order valence-corrected chi connectivity index (χ3v) is 6.84. The largest absolute Gasteiger partial charge is 0.350 e. The van der Waals surface area contributed by atoms with Gasteiger partial charge >= 0.3 is 0 Å². The SMILES string of the molecule is CCC[C@H](C)NC(=O)c1ccc2c(c1)C[C@H](C)N2S(=O)(=O)c1ccccc1. The average Bonchev–Trinajstić information content (AvgIpc) is 2.98. The fourth-order valence-electron chi connectivity index (χ4n) is 3.63. The van der Waals surface area contributed by atoms with Crippen molar-refractivity contribution >= 4 is 21.6 Å². The van der Waals surface area contributed by atoms with E-state index in [1.165, 1.54) is 4.31 Å². The van der Waals surface area contributed by atoms with Crippen molar-refractivity contribution < 1.29 is 13.2 Å². The van der Waals surface area contributed by atoms with Crippen LogP contribution in [0, 0.1) is 0 Å². The average molecular weight is 387 g/mol. The Bertz CT molecular complexity index is 926. The molecule has 144 valence electrons. The summed E-state index contributed by atoms with van der Waals surface area (Å²) in [5, 5.41) is 3.00. The van der Waals surface area contributed by atoms with Gasteiger partial charge in [0.1, 0.15) is 0 Å². The van der Waals surface area contributed by atoms with Crippen molar-refractivity contribution in [3.63, 3.8) is 0 Å². The van der Waals surface area contributed by atoms with Gasteiger partial charge in [-0.15, -0.1) is 0 Å². The van der Waals surface area contributed by atoms with Crippen molar-refractivity contribution in [2.24, 2.45) is 0 Å². The summed E-state index contributed by atoms with van der Waals surface area (Å²) < 4.78 is 27.7. The van der Waals surface area contributed by atoms with Crippen molar-refractivity contribution in [3.8, 4) is 0 Å². The molecule has 0 saturated carbocycles. The Kier molecular flexibility index (Phi) is 5.56. The van der Waals surface area contributed by atoms with E-state index in [4.69, 9.17) is 0 Å². The third kappa shape index (κ3) is 3.86. The summed E-state index contributed by atoms with van der Waals surface area (Å²) >= 11 is 0. The van der Waals surface area contributed by atoms with Gasteiger partial charge in [-0.25, -0.2) is 8.42 Å². The molecule has 2 aromatic rings. The van der Waals surface area contributed by atoms with Gasteiger partial charge in [-0.1, -0.05) is 31.5 Å². The molecule has 1 amide bonds. The number of hydrogen-bond acceptors (Lipinski definition) is 3. The fourth-order valence-corrected chi connectivity index (χ4v) is 5.34. The Hall–Kier alpha value is -2.34. The maximum Gasteiger partial charge on any atom is 0.264 e. The normalized spacial score (nSPS) is 17.4. The highest BCUT2D eigenvalue weighted by Gasteiger charge is 2.36. The van der Waals surface area contributed by atoms with Gasteiger partial charge in [0, 0.05) is 17.6 Å². The molecule has 5 nitrogen and oxygen atoms in total. The second kappa shape index (κ2) is 7.72. The van der Waals surface area contributed by atoms with Gasteiger partial charge in [0.2, 0.25) is 0 Å². The second-order valence-electron chi connectivity index (χ2n) is 7.17. The first-order valence-corrected chi connectivity index (χ1v) is 10.8. The Morgan fingerprint density at radius 3 is 2.59 bits per heavy atom. The minimum Gasteiger partial charge on any atom is -0.350 e. The Labute approximate surface area is 161 Å². The summed E-state index contributed by atoms with van der Waals surface area (Å²) in [6.07, 6.45) is 2.53.